The lowest BCUT2D eigenvalue weighted by molar-refractivity contribution is 0.400. The summed E-state index contributed by atoms with van der Waals surface area (Å²) in [5.41, 5.74) is 1.72. The van der Waals surface area contributed by atoms with Gasteiger partial charge in [-0.1, -0.05) is 13.3 Å². The van der Waals surface area contributed by atoms with E-state index in [1.54, 1.807) is 6.07 Å². The van der Waals surface area contributed by atoms with Crippen molar-refractivity contribution in [3.8, 4) is 11.5 Å². The predicted molar refractivity (Wildman–Crippen MR) is 55.6 cm³/mol. The quantitative estimate of drug-likeness (QED) is 0.639. The van der Waals surface area contributed by atoms with Crippen molar-refractivity contribution in [1.29, 1.82) is 0 Å². The zero-order valence-corrected chi connectivity index (χ0v) is 8.04. The third-order valence-electron chi connectivity index (χ3n) is 2.40. The molecule has 0 fully saturated rings. The highest BCUT2D eigenvalue weighted by atomic mass is 16.3. The maximum atomic E-state index is 9.68. The van der Waals surface area contributed by atoms with E-state index in [1.807, 2.05) is 19.2 Å². The van der Waals surface area contributed by atoms with Gasteiger partial charge in [-0.2, -0.15) is 0 Å². The van der Waals surface area contributed by atoms with Crippen molar-refractivity contribution < 1.29 is 10.2 Å². The number of aromatic hydroxyl groups is 2. The van der Waals surface area contributed by atoms with Crippen LogP contribution in [0.5, 0.6) is 11.5 Å². The molecule has 0 spiro atoms. The Bertz CT molecular complexity index is 460. The van der Waals surface area contributed by atoms with Gasteiger partial charge in [0.2, 0.25) is 0 Å². The van der Waals surface area contributed by atoms with Gasteiger partial charge in [-0.05, 0) is 18.6 Å². The van der Waals surface area contributed by atoms with Crippen LogP contribution in [0, 0.1) is 0 Å². The highest BCUT2D eigenvalue weighted by Gasteiger charge is 2.11. The van der Waals surface area contributed by atoms with E-state index in [1.165, 1.54) is 0 Å². The van der Waals surface area contributed by atoms with E-state index >= 15 is 0 Å². The number of phenolic OH excluding ortho intramolecular Hbond substituents is 2. The Morgan fingerprint density at radius 1 is 1.36 bits per heavy atom. The Morgan fingerprint density at radius 3 is 2.86 bits per heavy atom. The van der Waals surface area contributed by atoms with Crippen molar-refractivity contribution in [1.82, 2.24) is 4.98 Å². The van der Waals surface area contributed by atoms with Crippen LogP contribution >= 0.6 is 0 Å². The molecule has 3 nitrogen and oxygen atoms in total. The highest BCUT2D eigenvalue weighted by Crippen LogP contribution is 2.35. The number of hydrogen-bond acceptors (Lipinski definition) is 2. The second-order valence-corrected chi connectivity index (χ2v) is 3.41. The van der Waals surface area contributed by atoms with Crippen LogP contribution in [0.15, 0.2) is 18.3 Å². The van der Waals surface area contributed by atoms with Gasteiger partial charge < -0.3 is 15.2 Å². The standard InChI is InChI=1S/C11H13NO2/c1-2-3-8-10-7(4-5-12-10)6-9(13)11(8)14/h4-6,12-14H,2-3H2,1H3. The molecular formula is C11H13NO2. The highest BCUT2D eigenvalue weighted by molar-refractivity contribution is 5.87. The summed E-state index contributed by atoms with van der Waals surface area (Å²) in [6.45, 7) is 2.04. The summed E-state index contributed by atoms with van der Waals surface area (Å²) in [5, 5.41) is 20.1. The Labute approximate surface area is 82.0 Å². The summed E-state index contributed by atoms with van der Waals surface area (Å²) in [7, 11) is 0. The average Bonchev–Trinajstić information content (AvgIpc) is 2.60. The summed E-state index contributed by atoms with van der Waals surface area (Å²) < 4.78 is 0. The van der Waals surface area contributed by atoms with E-state index in [0.29, 0.717) is 0 Å². The van der Waals surface area contributed by atoms with E-state index < -0.39 is 0 Å². The Balaban J connectivity index is 2.73. The third kappa shape index (κ3) is 1.21. The molecule has 14 heavy (non-hydrogen) atoms. The maximum absolute atomic E-state index is 9.68. The molecular weight excluding hydrogens is 178 g/mol. The van der Waals surface area contributed by atoms with E-state index in [9.17, 15) is 10.2 Å². The number of aromatic amines is 1. The van der Waals surface area contributed by atoms with Gasteiger partial charge in [0.15, 0.2) is 11.5 Å². The fraction of sp³-hybridized carbons (Fsp3) is 0.273. The van der Waals surface area contributed by atoms with Crippen LogP contribution in [0.4, 0.5) is 0 Å². The first kappa shape index (κ1) is 8.94. The van der Waals surface area contributed by atoms with Crippen molar-refractivity contribution in [2.24, 2.45) is 0 Å². The molecule has 3 heteroatoms. The topological polar surface area (TPSA) is 56.2 Å². The summed E-state index contributed by atoms with van der Waals surface area (Å²) in [6, 6.07) is 3.45. The molecule has 0 radical (unpaired) electrons. The van der Waals surface area contributed by atoms with Gasteiger partial charge in [-0.15, -0.1) is 0 Å². The monoisotopic (exact) mass is 191 g/mol. The number of phenols is 2. The average molecular weight is 191 g/mol. The molecule has 1 heterocycles. The maximum Gasteiger partial charge on any atom is 0.162 e. The molecule has 2 rings (SSSR count). The molecule has 0 bridgehead atoms. The lowest BCUT2D eigenvalue weighted by Crippen LogP contribution is -1.87. The lowest BCUT2D eigenvalue weighted by Gasteiger charge is -2.06. The van der Waals surface area contributed by atoms with E-state index in [-0.39, 0.29) is 11.5 Å². The largest absolute Gasteiger partial charge is 0.504 e. The number of aromatic nitrogens is 1. The van der Waals surface area contributed by atoms with Crippen LogP contribution in [-0.2, 0) is 6.42 Å². The fourth-order valence-electron chi connectivity index (χ4n) is 1.75. The van der Waals surface area contributed by atoms with Crippen LogP contribution in [-0.4, -0.2) is 15.2 Å². The zero-order chi connectivity index (χ0) is 10.1. The number of H-pyrrole nitrogens is 1. The van der Waals surface area contributed by atoms with Gasteiger partial charge in [0.1, 0.15) is 0 Å². The molecule has 0 aliphatic rings. The van der Waals surface area contributed by atoms with Crippen molar-refractivity contribution in [2.75, 3.05) is 0 Å². The lowest BCUT2D eigenvalue weighted by atomic mass is 10.1. The molecule has 74 valence electrons. The molecule has 0 atom stereocenters. The molecule has 2 aromatic rings. The van der Waals surface area contributed by atoms with Gasteiger partial charge in [0, 0.05) is 17.1 Å². The van der Waals surface area contributed by atoms with Crippen molar-refractivity contribution in [3.05, 3.63) is 23.9 Å². The van der Waals surface area contributed by atoms with Crippen molar-refractivity contribution >= 4 is 10.9 Å². The molecule has 0 unspecified atom stereocenters. The second kappa shape index (κ2) is 3.25. The van der Waals surface area contributed by atoms with Gasteiger partial charge >= 0.3 is 0 Å². The summed E-state index contributed by atoms with van der Waals surface area (Å²) >= 11 is 0. The Hall–Kier alpha value is -1.64. The smallest absolute Gasteiger partial charge is 0.162 e. The zero-order valence-electron chi connectivity index (χ0n) is 8.04. The molecule has 0 aliphatic heterocycles. The number of hydrogen-bond donors (Lipinski definition) is 3. The Kier molecular flexibility index (Phi) is 2.08. The molecule has 0 saturated carbocycles. The minimum atomic E-state index is -0.0412. The van der Waals surface area contributed by atoms with Gasteiger partial charge in [-0.3, -0.25) is 0 Å². The molecule has 1 aromatic heterocycles. The van der Waals surface area contributed by atoms with Gasteiger partial charge in [0.05, 0.1) is 5.52 Å². The third-order valence-corrected chi connectivity index (χ3v) is 2.40. The first-order valence-corrected chi connectivity index (χ1v) is 4.75. The van der Waals surface area contributed by atoms with Crippen LogP contribution in [0.3, 0.4) is 0 Å². The van der Waals surface area contributed by atoms with Crippen LogP contribution in [0.2, 0.25) is 0 Å². The normalized spacial score (nSPS) is 10.9. The van der Waals surface area contributed by atoms with Crippen LogP contribution in [0.25, 0.3) is 10.9 Å². The number of rotatable bonds is 2. The number of nitrogens with one attached hydrogen (secondary N) is 1. The summed E-state index contributed by atoms with van der Waals surface area (Å²) in [5.74, 6) is -0.0395. The second-order valence-electron chi connectivity index (χ2n) is 3.41. The molecule has 0 amide bonds. The van der Waals surface area contributed by atoms with E-state index in [0.717, 1.165) is 29.3 Å². The van der Waals surface area contributed by atoms with Gasteiger partial charge in [0.25, 0.3) is 0 Å². The van der Waals surface area contributed by atoms with Crippen molar-refractivity contribution in [3.63, 3.8) is 0 Å². The first-order chi connectivity index (χ1) is 6.74. The number of fused-ring (bicyclic) bond motifs is 1. The molecule has 0 saturated heterocycles. The first-order valence-electron chi connectivity index (χ1n) is 4.75. The molecule has 3 N–H and O–H groups in total. The Morgan fingerprint density at radius 2 is 2.14 bits per heavy atom. The van der Waals surface area contributed by atoms with Crippen molar-refractivity contribution in [2.45, 2.75) is 19.8 Å². The predicted octanol–water partition coefficient (Wildman–Crippen LogP) is 2.53. The fourth-order valence-corrected chi connectivity index (χ4v) is 1.75. The van der Waals surface area contributed by atoms with Gasteiger partial charge in [-0.25, -0.2) is 0 Å². The SMILES string of the molecule is CCCc1c(O)c(O)cc2cc[nH]c12. The molecule has 1 aromatic carbocycles. The summed E-state index contributed by atoms with van der Waals surface area (Å²) in [4.78, 5) is 3.07. The van der Waals surface area contributed by atoms with Crippen LogP contribution in [0.1, 0.15) is 18.9 Å². The number of aryl methyl sites for hydroxylation is 1. The number of benzene rings is 1. The summed E-state index contributed by atoms with van der Waals surface area (Å²) in [6.07, 6.45) is 3.51. The minimum absolute atomic E-state index is 0.00167. The van der Waals surface area contributed by atoms with Crippen LogP contribution < -0.4 is 0 Å². The molecule has 0 aliphatic carbocycles. The van der Waals surface area contributed by atoms with E-state index in [2.05, 4.69) is 4.98 Å². The van der Waals surface area contributed by atoms with E-state index in [4.69, 9.17) is 0 Å². The minimum Gasteiger partial charge on any atom is -0.504 e.